The summed E-state index contributed by atoms with van der Waals surface area (Å²) < 4.78 is 13.8. The van der Waals surface area contributed by atoms with Crippen LogP contribution in [0.4, 0.5) is 4.39 Å². The number of aliphatic hydroxyl groups excluding tert-OH is 1. The number of nitrogens with one attached hydrogen (secondary N) is 1. The minimum atomic E-state index is -0.578. The van der Waals surface area contributed by atoms with E-state index >= 15 is 0 Å². The minimum Gasteiger partial charge on any atom is -0.392 e. The number of carbonyl (C=O) groups excluding carboxylic acids is 1. The SMILES string of the molecule is C[C@H](O)CNC(=O)c1cc2cc(F)ccc2s1. The molecule has 1 heterocycles. The monoisotopic (exact) mass is 253 g/mol. The number of carbonyl (C=O) groups is 1. The number of fused-ring (bicyclic) bond motifs is 1. The Morgan fingerprint density at radius 2 is 2.29 bits per heavy atom. The molecule has 90 valence electrons. The second kappa shape index (κ2) is 4.81. The highest BCUT2D eigenvalue weighted by Gasteiger charge is 2.10. The van der Waals surface area contributed by atoms with E-state index in [2.05, 4.69) is 5.32 Å². The van der Waals surface area contributed by atoms with E-state index in [1.165, 1.54) is 23.5 Å². The van der Waals surface area contributed by atoms with E-state index in [-0.39, 0.29) is 18.3 Å². The highest BCUT2D eigenvalue weighted by atomic mass is 32.1. The summed E-state index contributed by atoms with van der Waals surface area (Å²) in [6.07, 6.45) is -0.578. The van der Waals surface area contributed by atoms with Gasteiger partial charge in [-0.3, -0.25) is 4.79 Å². The number of thiophene rings is 1. The van der Waals surface area contributed by atoms with Crippen LogP contribution in [-0.2, 0) is 0 Å². The van der Waals surface area contributed by atoms with E-state index in [1.807, 2.05) is 0 Å². The molecule has 0 saturated carbocycles. The highest BCUT2D eigenvalue weighted by molar-refractivity contribution is 7.20. The van der Waals surface area contributed by atoms with E-state index in [4.69, 9.17) is 5.11 Å². The number of hydrogen-bond acceptors (Lipinski definition) is 3. The second-order valence-electron chi connectivity index (χ2n) is 3.85. The molecule has 3 nitrogen and oxygen atoms in total. The van der Waals surface area contributed by atoms with E-state index in [0.29, 0.717) is 4.88 Å². The Bertz CT molecular complexity index is 550. The summed E-state index contributed by atoms with van der Waals surface area (Å²) in [6, 6.07) is 6.08. The molecule has 17 heavy (non-hydrogen) atoms. The molecule has 0 bridgehead atoms. The third kappa shape index (κ3) is 2.81. The third-order valence-corrected chi connectivity index (χ3v) is 3.38. The topological polar surface area (TPSA) is 49.3 Å². The summed E-state index contributed by atoms with van der Waals surface area (Å²) in [7, 11) is 0. The Hall–Kier alpha value is -1.46. The smallest absolute Gasteiger partial charge is 0.261 e. The molecule has 0 spiro atoms. The zero-order chi connectivity index (χ0) is 12.4. The van der Waals surface area contributed by atoms with Crippen LogP contribution in [0.2, 0.25) is 0 Å². The third-order valence-electron chi connectivity index (χ3n) is 2.26. The van der Waals surface area contributed by atoms with Gasteiger partial charge in [-0.1, -0.05) is 0 Å². The molecular weight excluding hydrogens is 241 g/mol. The molecule has 5 heteroatoms. The van der Waals surface area contributed by atoms with Crippen molar-refractivity contribution in [3.63, 3.8) is 0 Å². The van der Waals surface area contributed by atoms with Crippen LogP contribution < -0.4 is 5.32 Å². The summed E-state index contributed by atoms with van der Waals surface area (Å²) in [5, 5.41) is 12.4. The molecule has 1 atom stereocenters. The van der Waals surface area contributed by atoms with E-state index < -0.39 is 6.10 Å². The Morgan fingerprint density at radius 1 is 1.53 bits per heavy atom. The predicted octanol–water partition coefficient (Wildman–Crippen LogP) is 2.15. The molecule has 2 N–H and O–H groups in total. The van der Waals surface area contributed by atoms with E-state index in [1.54, 1.807) is 19.1 Å². The number of aliphatic hydroxyl groups is 1. The van der Waals surface area contributed by atoms with Gasteiger partial charge < -0.3 is 10.4 Å². The quantitative estimate of drug-likeness (QED) is 0.880. The van der Waals surface area contributed by atoms with Crippen LogP contribution in [0.25, 0.3) is 10.1 Å². The number of halogens is 1. The van der Waals surface area contributed by atoms with Gasteiger partial charge in [-0.05, 0) is 36.6 Å². The largest absolute Gasteiger partial charge is 0.392 e. The maximum absolute atomic E-state index is 13.0. The molecule has 1 aromatic carbocycles. The number of amides is 1. The van der Waals surface area contributed by atoms with Crippen LogP contribution in [0.5, 0.6) is 0 Å². The molecule has 0 fully saturated rings. The van der Waals surface area contributed by atoms with Crippen molar-refractivity contribution >= 4 is 27.3 Å². The van der Waals surface area contributed by atoms with Crippen LogP contribution in [0.1, 0.15) is 16.6 Å². The van der Waals surface area contributed by atoms with Crippen molar-refractivity contribution in [3.05, 3.63) is 35.0 Å². The predicted molar refractivity (Wildman–Crippen MR) is 65.8 cm³/mol. The van der Waals surface area contributed by atoms with E-state index in [9.17, 15) is 9.18 Å². The fraction of sp³-hybridized carbons (Fsp3) is 0.250. The van der Waals surface area contributed by atoms with E-state index in [0.717, 1.165) is 10.1 Å². The van der Waals surface area contributed by atoms with Crippen molar-refractivity contribution < 1.29 is 14.3 Å². The van der Waals surface area contributed by atoms with Gasteiger partial charge in [0.15, 0.2) is 0 Å². The molecule has 1 aromatic heterocycles. The van der Waals surface area contributed by atoms with Crippen molar-refractivity contribution in [1.82, 2.24) is 5.32 Å². The molecule has 0 aliphatic heterocycles. The van der Waals surface area contributed by atoms with Crippen LogP contribution >= 0.6 is 11.3 Å². The summed E-state index contributed by atoms with van der Waals surface area (Å²) in [5.74, 6) is -0.557. The average molecular weight is 253 g/mol. The molecule has 0 aliphatic carbocycles. The zero-order valence-electron chi connectivity index (χ0n) is 9.24. The minimum absolute atomic E-state index is 0.210. The Labute approximate surface area is 102 Å². The lowest BCUT2D eigenvalue weighted by Gasteiger charge is -2.04. The van der Waals surface area contributed by atoms with Crippen molar-refractivity contribution in [2.75, 3.05) is 6.54 Å². The Balaban J connectivity index is 2.21. The van der Waals surface area contributed by atoms with Gasteiger partial charge in [-0.15, -0.1) is 11.3 Å². The second-order valence-corrected chi connectivity index (χ2v) is 4.94. The fourth-order valence-corrected chi connectivity index (χ4v) is 2.41. The van der Waals surface area contributed by atoms with Crippen molar-refractivity contribution in [1.29, 1.82) is 0 Å². The molecule has 1 amide bonds. The molecule has 0 unspecified atom stereocenters. The van der Waals surface area contributed by atoms with Crippen molar-refractivity contribution in [2.45, 2.75) is 13.0 Å². The van der Waals surface area contributed by atoms with Crippen molar-refractivity contribution in [2.24, 2.45) is 0 Å². The molecule has 0 radical (unpaired) electrons. The maximum atomic E-state index is 13.0. The first-order chi connectivity index (χ1) is 8.06. The number of hydrogen-bond donors (Lipinski definition) is 2. The first-order valence-corrected chi connectivity index (χ1v) is 6.03. The molecular formula is C12H12FNO2S. The first kappa shape index (κ1) is 12.0. The number of rotatable bonds is 3. The van der Waals surface area contributed by atoms with Gasteiger partial charge in [0.1, 0.15) is 5.82 Å². The van der Waals surface area contributed by atoms with Gasteiger partial charge in [-0.25, -0.2) is 4.39 Å². The molecule has 2 aromatic rings. The van der Waals surface area contributed by atoms with Crippen LogP contribution in [0.15, 0.2) is 24.3 Å². The van der Waals surface area contributed by atoms with Gasteiger partial charge in [0.2, 0.25) is 0 Å². The first-order valence-electron chi connectivity index (χ1n) is 5.21. The van der Waals surface area contributed by atoms with Gasteiger partial charge >= 0.3 is 0 Å². The van der Waals surface area contributed by atoms with Gasteiger partial charge in [0.25, 0.3) is 5.91 Å². The standard InChI is InChI=1S/C12H12FNO2S/c1-7(15)6-14-12(16)11-5-8-4-9(13)2-3-10(8)17-11/h2-5,7,15H,6H2,1H3,(H,14,16)/t7-/m0/s1. The fourth-order valence-electron chi connectivity index (χ4n) is 1.45. The average Bonchev–Trinajstić information content (AvgIpc) is 2.68. The molecule has 0 aliphatic rings. The lowest BCUT2D eigenvalue weighted by Crippen LogP contribution is -2.29. The lowest BCUT2D eigenvalue weighted by molar-refractivity contribution is 0.0928. The highest BCUT2D eigenvalue weighted by Crippen LogP contribution is 2.26. The molecule has 0 saturated heterocycles. The van der Waals surface area contributed by atoms with Crippen LogP contribution in [-0.4, -0.2) is 23.7 Å². The lowest BCUT2D eigenvalue weighted by atomic mass is 10.2. The van der Waals surface area contributed by atoms with Gasteiger partial charge in [-0.2, -0.15) is 0 Å². The van der Waals surface area contributed by atoms with Crippen molar-refractivity contribution in [3.8, 4) is 0 Å². The Morgan fingerprint density at radius 3 is 3.00 bits per heavy atom. The maximum Gasteiger partial charge on any atom is 0.261 e. The number of benzene rings is 1. The normalized spacial score (nSPS) is 12.6. The summed E-state index contributed by atoms with van der Waals surface area (Å²) >= 11 is 1.31. The zero-order valence-corrected chi connectivity index (χ0v) is 10.1. The van der Waals surface area contributed by atoms with Gasteiger partial charge in [0.05, 0.1) is 11.0 Å². The summed E-state index contributed by atoms with van der Waals surface area (Å²) in [4.78, 5) is 12.2. The molecule has 2 rings (SSSR count). The van der Waals surface area contributed by atoms with Crippen LogP contribution in [0, 0.1) is 5.82 Å². The van der Waals surface area contributed by atoms with Crippen LogP contribution in [0.3, 0.4) is 0 Å². The Kier molecular flexibility index (Phi) is 3.40. The summed E-state index contributed by atoms with van der Waals surface area (Å²) in [6.45, 7) is 1.81. The van der Waals surface area contributed by atoms with Gasteiger partial charge in [0, 0.05) is 11.2 Å². The summed E-state index contributed by atoms with van der Waals surface area (Å²) in [5.41, 5.74) is 0.